The van der Waals surface area contributed by atoms with E-state index in [0.29, 0.717) is 5.46 Å². The maximum Gasteiger partial charge on any atom is 0.497 e. The van der Waals surface area contributed by atoms with E-state index in [2.05, 4.69) is 4.98 Å². The standard InChI is InChI=1S/C13H17BClNO4/c1-12(2)13(3,4)20-14(19-12)8-6-16-7-9(15)10(8)11(17)18-5/h6-7H,1-5H3. The highest BCUT2D eigenvalue weighted by atomic mass is 35.5. The molecule has 7 heteroatoms. The summed E-state index contributed by atoms with van der Waals surface area (Å²) in [7, 11) is 0.591. The second-order valence-electron chi connectivity index (χ2n) is 5.67. The predicted molar refractivity (Wildman–Crippen MR) is 76.3 cm³/mol. The van der Waals surface area contributed by atoms with Crippen molar-refractivity contribution in [1.29, 1.82) is 0 Å². The molecule has 0 atom stereocenters. The summed E-state index contributed by atoms with van der Waals surface area (Å²) in [5.74, 6) is -0.540. The van der Waals surface area contributed by atoms with Gasteiger partial charge in [0.1, 0.15) is 0 Å². The van der Waals surface area contributed by atoms with Crippen LogP contribution in [0.15, 0.2) is 12.4 Å². The third kappa shape index (κ3) is 2.43. The number of carbonyl (C=O) groups excluding carboxylic acids is 1. The lowest BCUT2D eigenvalue weighted by atomic mass is 9.77. The minimum Gasteiger partial charge on any atom is -0.465 e. The Hall–Kier alpha value is -1.11. The Labute approximate surface area is 123 Å². The summed E-state index contributed by atoms with van der Waals surface area (Å²) >= 11 is 6.05. The molecule has 0 amide bonds. The zero-order chi connectivity index (χ0) is 15.1. The van der Waals surface area contributed by atoms with E-state index in [4.69, 9.17) is 25.6 Å². The smallest absolute Gasteiger partial charge is 0.465 e. The lowest BCUT2D eigenvalue weighted by Gasteiger charge is -2.32. The van der Waals surface area contributed by atoms with Crippen LogP contribution in [-0.2, 0) is 14.0 Å². The van der Waals surface area contributed by atoms with E-state index in [0.717, 1.165) is 0 Å². The van der Waals surface area contributed by atoms with Crippen molar-refractivity contribution in [3.63, 3.8) is 0 Å². The fourth-order valence-corrected chi connectivity index (χ4v) is 2.16. The van der Waals surface area contributed by atoms with Gasteiger partial charge in [0.05, 0.1) is 28.9 Å². The first-order chi connectivity index (χ1) is 9.19. The van der Waals surface area contributed by atoms with Crippen LogP contribution >= 0.6 is 11.6 Å². The molecule has 2 rings (SSSR count). The van der Waals surface area contributed by atoms with Gasteiger partial charge in [0.25, 0.3) is 0 Å². The van der Waals surface area contributed by atoms with Gasteiger partial charge < -0.3 is 14.0 Å². The number of ether oxygens (including phenoxy) is 1. The van der Waals surface area contributed by atoms with E-state index in [1.54, 1.807) is 0 Å². The van der Waals surface area contributed by atoms with Gasteiger partial charge >= 0.3 is 13.1 Å². The van der Waals surface area contributed by atoms with E-state index < -0.39 is 24.3 Å². The summed E-state index contributed by atoms with van der Waals surface area (Å²) in [5.41, 5.74) is -0.313. The minimum atomic E-state index is -0.708. The summed E-state index contributed by atoms with van der Waals surface area (Å²) < 4.78 is 16.6. The van der Waals surface area contributed by atoms with Crippen molar-refractivity contribution in [1.82, 2.24) is 4.98 Å². The zero-order valence-electron chi connectivity index (χ0n) is 12.2. The van der Waals surface area contributed by atoms with Gasteiger partial charge in [-0.1, -0.05) is 11.6 Å². The average Bonchev–Trinajstić information content (AvgIpc) is 2.57. The Morgan fingerprint density at radius 3 is 2.30 bits per heavy atom. The molecule has 2 heterocycles. The number of methoxy groups -OCH3 is 1. The number of nitrogens with zero attached hydrogens (tertiary/aromatic N) is 1. The quantitative estimate of drug-likeness (QED) is 0.615. The highest BCUT2D eigenvalue weighted by molar-refractivity contribution is 6.64. The van der Waals surface area contributed by atoms with Gasteiger partial charge in [-0.3, -0.25) is 4.98 Å². The molecule has 0 unspecified atom stereocenters. The Kier molecular flexibility index (Phi) is 3.84. The van der Waals surface area contributed by atoms with Crippen molar-refractivity contribution >= 4 is 30.2 Å². The molecule has 0 spiro atoms. The topological polar surface area (TPSA) is 57.7 Å². The molecular weight excluding hydrogens is 280 g/mol. The number of carbonyl (C=O) groups is 1. The monoisotopic (exact) mass is 297 g/mol. The molecule has 1 saturated heterocycles. The van der Waals surface area contributed by atoms with E-state index in [9.17, 15) is 4.79 Å². The second kappa shape index (κ2) is 5.02. The van der Waals surface area contributed by atoms with Crippen LogP contribution in [0, 0.1) is 0 Å². The summed E-state index contributed by atoms with van der Waals surface area (Å²) in [4.78, 5) is 15.9. The van der Waals surface area contributed by atoms with Crippen molar-refractivity contribution in [2.24, 2.45) is 0 Å². The van der Waals surface area contributed by atoms with Crippen LogP contribution < -0.4 is 5.46 Å². The molecule has 20 heavy (non-hydrogen) atoms. The highest BCUT2D eigenvalue weighted by Gasteiger charge is 2.52. The molecule has 0 bridgehead atoms. The highest BCUT2D eigenvalue weighted by Crippen LogP contribution is 2.36. The van der Waals surface area contributed by atoms with Crippen LogP contribution in [0.1, 0.15) is 38.1 Å². The lowest BCUT2D eigenvalue weighted by molar-refractivity contribution is 0.00578. The Morgan fingerprint density at radius 2 is 1.80 bits per heavy atom. The Morgan fingerprint density at radius 1 is 1.25 bits per heavy atom. The maximum absolute atomic E-state index is 11.9. The van der Waals surface area contributed by atoms with Crippen LogP contribution in [-0.4, -0.2) is 36.4 Å². The van der Waals surface area contributed by atoms with E-state index in [-0.39, 0.29) is 10.6 Å². The van der Waals surface area contributed by atoms with Crippen molar-refractivity contribution in [3.05, 3.63) is 23.0 Å². The Balaban J connectivity index is 2.46. The number of aromatic nitrogens is 1. The molecule has 1 aliphatic heterocycles. The number of hydrogen-bond donors (Lipinski definition) is 0. The van der Waals surface area contributed by atoms with Crippen LogP contribution in [0.25, 0.3) is 0 Å². The summed E-state index contributed by atoms with van der Waals surface area (Å²) in [6.45, 7) is 7.73. The first kappa shape index (κ1) is 15.3. The van der Waals surface area contributed by atoms with Crippen molar-refractivity contribution < 1.29 is 18.8 Å². The van der Waals surface area contributed by atoms with Crippen molar-refractivity contribution in [3.8, 4) is 0 Å². The predicted octanol–water partition coefficient (Wildman–Crippen LogP) is 1.82. The van der Waals surface area contributed by atoms with Gasteiger partial charge in [-0.05, 0) is 27.7 Å². The number of esters is 1. The van der Waals surface area contributed by atoms with Crippen LogP contribution in [0.4, 0.5) is 0 Å². The molecular formula is C13H17BClNO4. The maximum atomic E-state index is 11.9. The van der Waals surface area contributed by atoms with Crippen LogP contribution in [0.2, 0.25) is 5.02 Å². The van der Waals surface area contributed by atoms with E-state index >= 15 is 0 Å². The molecule has 1 aromatic heterocycles. The number of pyridine rings is 1. The third-order valence-electron chi connectivity index (χ3n) is 3.83. The largest absolute Gasteiger partial charge is 0.497 e. The van der Waals surface area contributed by atoms with E-state index in [1.807, 2.05) is 27.7 Å². The van der Waals surface area contributed by atoms with Crippen LogP contribution in [0.5, 0.6) is 0 Å². The second-order valence-corrected chi connectivity index (χ2v) is 6.07. The number of halogens is 1. The van der Waals surface area contributed by atoms with Gasteiger partial charge in [-0.2, -0.15) is 0 Å². The SMILES string of the molecule is COC(=O)c1c(Cl)cncc1B1OC(C)(C)C(C)(C)O1. The Bertz CT molecular complexity index is 531. The molecule has 0 saturated carbocycles. The summed E-state index contributed by atoms with van der Waals surface area (Å²) in [6, 6.07) is 0. The summed E-state index contributed by atoms with van der Waals surface area (Å²) in [5, 5.41) is 0.212. The van der Waals surface area contributed by atoms with Crippen molar-refractivity contribution in [2.45, 2.75) is 38.9 Å². The van der Waals surface area contributed by atoms with Gasteiger partial charge in [-0.25, -0.2) is 4.79 Å². The zero-order valence-corrected chi connectivity index (χ0v) is 12.9. The van der Waals surface area contributed by atoms with Crippen molar-refractivity contribution in [2.75, 3.05) is 7.11 Å². The molecule has 1 aromatic rings. The van der Waals surface area contributed by atoms with Gasteiger partial charge in [0, 0.05) is 17.9 Å². The molecule has 1 aliphatic rings. The molecule has 1 fully saturated rings. The fraction of sp³-hybridized carbons (Fsp3) is 0.538. The van der Waals surface area contributed by atoms with Gasteiger partial charge in [-0.15, -0.1) is 0 Å². The average molecular weight is 298 g/mol. The molecule has 108 valence electrons. The fourth-order valence-electron chi connectivity index (χ4n) is 1.92. The van der Waals surface area contributed by atoms with Gasteiger partial charge in [0.15, 0.2) is 0 Å². The lowest BCUT2D eigenvalue weighted by Crippen LogP contribution is -2.41. The first-order valence-electron chi connectivity index (χ1n) is 6.27. The normalized spacial score (nSPS) is 20.0. The van der Waals surface area contributed by atoms with Gasteiger partial charge in [0.2, 0.25) is 0 Å². The van der Waals surface area contributed by atoms with E-state index in [1.165, 1.54) is 19.5 Å². The summed E-state index contributed by atoms with van der Waals surface area (Å²) in [6.07, 6.45) is 2.91. The molecule has 0 aliphatic carbocycles. The molecule has 0 radical (unpaired) electrons. The number of hydrogen-bond acceptors (Lipinski definition) is 5. The third-order valence-corrected chi connectivity index (χ3v) is 4.11. The first-order valence-corrected chi connectivity index (χ1v) is 6.65. The molecule has 0 aromatic carbocycles. The minimum absolute atomic E-state index is 0.212. The number of rotatable bonds is 2. The molecule has 0 N–H and O–H groups in total. The molecule has 5 nitrogen and oxygen atoms in total. The van der Waals surface area contributed by atoms with Crippen LogP contribution in [0.3, 0.4) is 0 Å².